The van der Waals surface area contributed by atoms with Crippen LogP contribution in [0, 0.1) is 6.92 Å². The summed E-state index contributed by atoms with van der Waals surface area (Å²) in [6.45, 7) is 4.28. The van der Waals surface area contributed by atoms with Gasteiger partial charge in [0, 0.05) is 17.3 Å². The lowest BCUT2D eigenvalue weighted by Gasteiger charge is -2.26. The Morgan fingerprint density at radius 2 is 1.72 bits per heavy atom. The summed E-state index contributed by atoms with van der Waals surface area (Å²) in [6.07, 6.45) is 0. The molecule has 0 aromatic heterocycles. The van der Waals surface area contributed by atoms with Gasteiger partial charge in [-0.25, -0.2) is 0 Å². The van der Waals surface area contributed by atoms with E-state index in [0.29, 0.717) is 52.0 Å². The van der Waals surface area contributed by atoms with Crippen molar-refractivity contribution in [3.63, 3.8) is 0 Å². The van der Waals surface area contributed by atoms with Crippen molar-refractivity contribution in [1.29, 1.82) is 0 Å². The van der Waals surface area contributed by atoms with Crippen LogP contribution in [0.3, 0.4) is 0 Å². The highest BCUT2D eigenvalue weighted by Gasteiger charge is 2.47. The van der Waals surface area contributed by atoms with Crippen LogP contribution in [0.4, 0.5) is 5.69 Å². The number of aliphatic hydroxyl groups excluding tert-OH is 1. The molecule has 3 aromatic carbocycles. The number of fused-ring (bicyclic) bond motifs is 1. The van der Waals surface area contributed by atoms with Gasteiger partial charge in [0.05, 0.1) is 25.3 Å². The van der Waals surface area contributed by atoms with E-state index in [2.05, 4.69) is 0 Å². The number of nitrogens with zero attached hydrogens (tertiary/aromatic N) is 1. The number of carbonyl (C=O) groups is 2. The van der Waals surface area contributed by atoms with E-state index in [1.807, 2.05) is 6.92 Å². The molecular weight excluding hydrogens is 462 g/mol. The molecule has 8 heteroatoms. The largest absolute Gasteiger partial charge is 0.507 e. The first kappa shape index (κ1) is 23.3. The fourth-order valence-electron chi connectivity index (χ4n) is 4.54. The summed E-state index contributed by atoms with van der Waals surface area (Å²) in [4.78, 5) is 28.2. The van der Waals surface area contributed by atoms with Crippen LogP contribution in [0.2, 0.25) is 0 Å². The van der Waals surface area contributed by atoms with E-state index in [9.17, 15) is 14.7 Å². The van der Waals surface area contributed by atoms with Crippen molar-refractivity contribution in [3.05, 3.63) is 82.9 Å². The average Bonchev–Trinajstić information content (AvgIpc) is 3.46. The molecule has 0 spiro atoms. The second kappa shape index (κ2) is 9.30. The van der Waals surface area contributed by atoms with E-state index in [-0.39, 0.29) is 18.1 Å². The number of methoxy groups -OCH3 is 1. The summed E-state index contributed by atoms with van der Waals surface area (Å²) in [5, 5.41) is 11.4. The quantitative estimate of drug-likeness (QED) is 0.304. The van der Waals surface area contributed by atoms with Crippen molar-refractivity contribution in [1.82, 2.24) is 0 Å². The molecule has 1 unspecified atom stereocenters. The molecule has 1 fully saturated rings. The summed E-state index contributed by atoms with van der Waals surface area (Å²) < 4.78 is 21.7. The lowest BCUT2D eigenvalue weighted by Crippen LogP contribution is -2.29. The van der Waals surface area contributed by atoms with Gasteiger partial charge in [-0.05, 0) is 67.4 Å². The van der Waals surface area contributed by atoms with E-state index in [0.717, 1.165) is 0 Å². The Bertz CT molecular complexity index is 1380. The fraction of sp³-hybridized carbons (Fsp3) is 0.214. The van der Waals surface area contributed by atoms with Crippen molar-refractivity contribution in [2.75, 3.05) is 25.4 Å². The fourth-order valence-corrected chi connectivity index (χ4v) is 4.54. The molecule has 0 radical (unpaired) electrons. The number of rotatable bonds is 6. The second-order valence-corrected chi connectivity index (χ2v) is 8.39. The molecule has 5 rings (SSSR count). The van der Waals surface area contributed by atoms with Crippen molar-refractivity contribution in [2.45, 2.75) is 19.9 Å². The number of amides is 1. The summed E-state index contributed by atoms with van der Waals surface area (Å²) in [5.41, 5.74) is 2.23. The van der Waals surface area contributed by atoms with Gasteiger partial charge in [0.25, 0.3) is 11.7 Å². The third-order valence-electron chi connectivity index (χ3n) is 6.27. The molecule has 2 heterocycles. The molecule has 1 atom stereocenters. The highest BCUT2D eigenvalue weighted by Crippen LogP contribution is 2.45. The zero-order chi connectivity index (χ0) is 25.4. The number of ketones is 1. The molecule has 1 amide bonds. The molecule has 8 nitrogen and oxygen atoms in total. The monoisotopic (exact) mass is 487 g/mol. The molecule has 1 saturated heterocycles. The Hall–Kier alpha value is -4.46. The first-order valence-corrected chi connectivity index (χ1v) is 11.5. The molecule has 2 aliphatic heterocycles. The van der Waals surface area contributed by atoms with Gasteiger partial charge in [0.2, 0.25) is 6.79 Å². The summed E-state index contributed by atoms with van der Waals surface area (Å²) >= 11 is 0. The molecule has 36 heavy (non-hydrogen) atoms. The first-order valence-electron chi connectivity index (χ1n) is 11.5. The zero-order valence-corrected chi connectivity index (χ0v) is 20.1. The molecule has 2 aliphatic rings. The van der Waals surface area contributed by atoms with Gasteiger partial charge < -0.3 is 24.1 Å². The van der Waals surface area contributed by atoms with Crippen LogP contribution >= 0.6 is 0 Å². The van der Waals surface area contributed by atoms with Gasteiger partial charge in [0.15, 0.2) is 11.5 Å². The minimum atomic E-state index is -0.873. The number of Topliss-reactive ketones (excluding diaryl/α,β-unsaturated/α-hetero) is 1. The lowest BCUT2D eigenvalue weighted by atomic mass is 9.93. The van der Waals surface area contributed by atoms with Crippen LogP contribution in [0.25, 0.3) is 5.76 Å². The summed E-state index contributed by atoms with van der Waals surface area (Å²) in [6, 6.07) is 16.4. The van der Waals surface area contributed by atoms with Crippen molar-refractivity contribution < 1.29 is 33.6 Å². The van der Waals surface area contributed by atoms with E-state index in [1.54, 1.807) is 74.7 Å². The predicted octanol–water partition coefficient (Wildman–Crippen LogP) is 4.76. The third kappa shape index (κ3) is 3.90. The molecule has 0 bridgehead atoms. The molecule has 3 aromatic rings. The van der Waals surface area contributed by atoms with Gasteiger partial charge in [0.1, 0.15) is 17.3 Å². The molecule has 184 valence electrons. The zero-order valence-electron chi connectivity index (χ0n) is 20.1. The Morgan fingerprint density at radius 3 is 2.42 bits per heavy atom. The Labute approximate surface area is 208 Å². The Kier molecular flexibility index (Phi) is 6.01. The number of aliphatic hydroxyl groups is 1. The van der Waals surface area contributed by atoms with Crippen molar-refractivity contribution in [2.24, 2.45) is 0 Å². The normalized spacial score (nSPS) is 18.0. The third-order valence-corrected chi connectivity index (χ3v) is 6.27. The van der Waals surface area contributed by atoms with Gasteiger partial charge in [-0.15, -0.1) is 0 Å². The minimum absolute atomic E-state index is 0.00454. The van der Waals surface area contributed by atoms with Gasteiger partial charge >= 0.3 is 0 Å². The molecule has 1 N–H and O–H groups in total. The molecule has 0 saturated carbocycles. The number of ether oxygens (including phenoxy) is 4. The van der Waals surface area contributed by atoms with Crippen molar-refractivity contribution >= 4 is 23.1 Å². The van der Waals surface area contributed by atoms with Crippen LogP contribution < -0.4 is 23.8 Å². The van der Waals surface area contributed by atoms with Crippen LogP contribution in [0.1, 0.15) is 29.7 Å². The van der Waals surface area contributed by atoms with Gasteiger partial charge in [-0.3, -0.25) is 14.5 Å². The highest BCUT2D eigenvalue weighted by atomic mass is 16.7. The standard InChI is InChI=1S/C28H25NO7/c1-4-34-19-8-5-17(6-9-19)25-24(26(30)21-11-10-20(33-3)13-16(21)2)27(31)28(32)29(25)18-7-12-22-23(14-18)36-15-35-22/h5-14,25,30H,4,15H2,1-3H3/b26-24+. The van der Waals surface area contributed by atoms with E-state index >= 15 is 0 Å². The van der Waals surface area contributed by atoms with Crippen LogP contribution in [0.15, 0.2) is 66.2 Å². The van der Waals surface area contributed by atoms with Crippen LogP contribution in [-0.4, -0.2) is 37.3 Å². The maximum absolute atomic E-state index is 13.4. The molecule has 0 aliphatic carbocycles. The van der Waals surface area contributed by atoms with Gasteiger partial charge in [-0.1, -0.05) is 12.1 Å². The SMILES string of the molecule is CCOc1ccc(C2/C(=C(\O)c3ccc(OC)cc3C)C(=O)C(=O)N2c2ccc3c(c2)OCO3)cc1. The number of hydrogen-bond donors (Lipinski definition) is 1. The Morgan fingerprint density at radius 1 is 1.00 bits per heavy atom. The number of aryl methyl sites for hydroxylation is 1. The number of anilines is 1. The molecular formula is C28H25NO7. The maximum atomic E-state index is 13.4. The topological polar surface area (TPSA) is 94.5 Å². The second-order valence-electron chi connectivity index (χ2n) is 8.39. The highest BCUT2D eigenvalue weighted by molar-refractivity contribution is 6.51. The lowest BCUT2D eigenvalue weighted by molar-refractivity contribution is -0.132. The van der Waals surface area contributed by atoms with Crippen LogP contribution in [-0.2, 0) is 9.59 Å². The number of hydrogen-bond acceptors (Lipinski definition) is 7. The Balaban J connectivity index is 1.68. The van der Waals surface area contributed by atoms with Crippen molar-refractivity contribution in [3.8, 4) is 23.0 Å². The maximum Gasteiger partial charge on any atom is 0.300 e. The van der Waals surface area contributed by atoms with E-state index in [1.165, 1.54) is 4.90 Å². The number of benzene rings is 3. The van der Waals surface area contributed by atoms with Crippen LogP contribution in [0.5, 0.6) is 23.0 Å². The van der Waals surface area contributed by atoms with E-state index < -0.39 is 17.7 Å². The summed E-state index contributed by atoms with van der Waals surface area (Å²) in [7, 11) is 1.55. The van der Waals surface area contributed by atoms with E-state index in [4.69, 9.17) is 18.9 Å². The first-order chi connectivity index (χ1) is 17.4. The predicted molar refractivity (Wildman–Crippen MR) is 133 cm³/mol. The smallest absolute Gasteiger partial charge is 0.300 e. The average molecular weight is 488 g/mol. The number of carbonyl (C=O) groups excluding carboxylic acids is 2. The van der Waals surface area contributed by atoms with Gasteiger partial charge in [-0.2, -0.15) is 0 Å². The summed E-state index contributed by atoms with van der Waals surface area (Å²) in [5.74, 6) is 0.531. The minimum Gasteiger partial charge on any atom is -0.507 e.